The Hall–Kier alpha value is -0.610. The number of rotatable bonds is 6. The van der Waals surface area contributed by atoms with Gasteiger partial charge in [-0.05, 0) is 40.0 Å². The van der Waals surface area contributed by atoms with Gasteiger partial charge in [-0.15, -0.1) is 0 Å². The van der Waals surface area contributed by atoms with E-state index in [1.165, 1.54) is 0 Å². The Morgan fingerprint density at radius 3 is 2.56 bits per heavy atom. The van der Waals surface area contributed by atoms with Gasteiger partial charge in [0.05, 0.1) is 5.60 Å². The summed E-state index contributed by atoms with van der Waals surface area (Å²) >= 11 is 0. The van der Waals surface area contributed by atoms with Crippen LogP contribution in [0.25, 0.3) is 0 Å². The molecule has 4 nitrogen and oxygen atoms in total. The van der Waals surface area contributed by atoms with E-state index in [0.29, 0.717) is 19.6 Å². The Bertz CT molecular complexity index is 247. The lowest BCUT2D eigenvalue weighted by molar-refractivity contribution is -0.124. The van der Waals surface area contributed by atoms with Crippen LogP contribution in [0.4, 0.5) is 0 Å². The van der Waals surface area contributed by atoms with Crippen molar-refractivity contribution in [3.05, 3.63) is 0 Å². The van der Waals surface area contributed by atoms with E-state index in [2.05, 4.69) is 5.32 Å². The third-order valence-corrected chi connectivity index (χ3v) is 3.11. The van der Waals surface area contributed by atoms with Crippen LogP contribution in [0, 0.1) is 0 Å². The molecule has 0 unspecified atom stereocenters. The highest BCUT2D eigenvalue weighted by atomic mass is 16.5. The molecule has 94 valence electrons. The van der Waals surface area contributed by atoms with Crippen LogP contribution in [0.1, 0.15) is 46.5 Å². The first-order valence-electron chi connectivity index (χ1n) is 6.06. The molecule has 0 heterocycles. The molecule has 0 aromatic heterocycles. The SMILES string of the molecule is CCOC(C)(C)CNC(=O)CC1(N)CCC1. The van der Waals surface area contributed by atoms with E-state index >= 15 is 0 Å². The van der Waals surface area contributed by atoms with E-state index in [9.17, 15) is 4.79 Å². The second-order valence-corrected chi connectivity index (χ2v) is 5.36. The molecule has 1 saturated carbocycles. The summed E-state index contributed by atoms with van der Waals surface area (Å²) in [5.41, 5.74) is 5.47. The minimum Gasteiger partial charge on any atom is -0.374 e. The van der Waals surface area contributed by atoms with Crippen LogP contribution in [-0.4, -0.2) is 30.2 Å². The maximum absolute atomic E-state index is 11.7. The summed E-state index contributed by atoms with van der Waals surface area (Å²) in [6, 6.07) is 0. The number of carbonyl (C=O) groups is 1. The maximum Gasteiger partial charge on any atom is 0.221 e. The molecule has 0 spiro atoms. The molecule has 1 fully saturated rings. The van der Waals surface area contributed by atoms with Gasteiger partial charge >= 0.3 is 0 Å². The van der Waals surface area contributed by atoms with E-state index < -0.39 is 0 Å². The fourth-order valence-electron chi connectivity index (χ4n) is 1.94. The highest BCUT2D eigenvalue weighted by molar-refractivity contribution is 5.77. The molecule has 0 aliphatic heterocycles. The Morgan fingerprint density at radius 1 is 1.50 bits per heavy atom. The monoisotopic (exact) mass is 228 g/mol. The zero-order chi connectivity index (χ0) is 12.2. The summed E-state index contributed by atoms with van der Waals surface area (Å²) in [5, 5.41) is 2.89. The molecular weight excluding hydrogens is 204 g/mol. The van der Waals surface area contributed by atoms with E-state index in [0.717, 1.165) is 19.3 Å². The van der Waals surface area contributed by atoms with Crippen molar-refractivity contribution in [2.45, 2.75) is 57.6 Å². The van der Waals surface area contributed by atoms with Gasteiger partial charge in [0.1, 0.15) is 0 Å². The molecule has 16 heavy (non-hydrogen) atoms. The molecule has 1 rings (SSSR count). The number of carbonyl (C=O) groups excluding carboxylic acids is 1. The van der Waals surface area contributed by atoms with Crippen LogP contribution in [0.3, 0.4) is 0 Å². The van der Waals surface area contributed by atoms with Crippen molar-refractivity contribution in [2.75, 3.05) is 13.2 Å². The first-order chi connectivity index (χ1) is 7.37. The Morgan fingerprint density at radius 2 is 2.12 bits per heavy atom. The third kappa shape index (κ3) is 4.10. The van der Waals surface area contributed by atoms with Crippen molar-refractivity contribution < 1.29 is 9.53 Å². The molecule has 0 saturated heterocycles. The van der Waals surface area contributed by atoms with Gasteiger partial charge in [-0.25, -0.2) is 0 Å². The van der Waals surface area contributed by atoms with Crippen molar-refractivity contribution in [3.8, 4) is 0 Å². The standard InChI is InChI=1S/C12H24N2O2/c1-4-16-11(2,3)9-14-10(15)8-12(13)6-5-7-12/h4-9,13H2,1-3H3,(H,14,15). The molecule has 0 radical (unpaired) electrons. The van der Waals surface area contributed by atoms with E-state index in [4.69, 9.17) is 10.5 Å². The number of ether oxygens (including phenoxy) is 1. The summed E-state index contributed by atoms with van der Waals surface area (Å²) in [6.07, 6.45) is 3.52. The first-order valence-corrected chi connectivity index (χ1v) is 6.06. The van der Waals surface area contributed by atoms with Crippen molar-refractivity contribution in [2.24, 2.45) is 5.73 Å². The molecule has 4 heteroatoms. The van der Waals surface area contributed by atoms with Crippen molar-refractivity contribution >= 4 is 5.91 Å². The summed E-state index contributed by atoms with van der Waals surface area (Å²) < 4.78 is 5.50. The van der Waals surface area contributed by atoms with E-state index in [-0.39, 0.29) is 17.0 Å². The van der Waals surface area contributed by atoms with Crippen molar-refractivity contribution in [1.82, 2.24) is 5.32 Å². The zero-order valence-electron chi connectivity index (χ0n) is 10.6. The number of amides is 1. The topological polar surface area (TPSA) is 64.3 Å². The third-order valence-electron chi connectivity index (χ3n) is 3.11. The molecule has 3 N–H and O–H groups in total. The zero-order valence-corrected chi connectivity index (χ0v) is 10.6. The van der Waals surface area contributed by atoms with Gasteiger partial charge in [-0.2, -0.15) is 0 Å². The highest BCUT2D eigenvalue weighted by Crippen LogP contribution is 2.31. The second-order valence-electron chi connectivity index (χ2n) is 5.36. The normalized spacial score (nSPS) is 19.0. The van der Waals surface area contributed by atoms with Gasteiger partial charge < -0.3 is 15.8 Å². The predicted molar refractivity (Wildman–Crippen MR) is 64.1 cm³/mol. The number of hydrogen-bond donors (Lipinski definition) is 2. The number of nitrogens with one attached hydrogen (secondary N) is 1. The second kappa shape index (κ2) is 5.15. The van der Waals surface area contributed by atoms with Crippen molar-refractivity contribution in [3.63, 3.8) is 0 Å². The molecule has 0 bridgehead atoms. The fourth-order valence-corrected chi connectivity index (χ4v) is 1.94. The maximum atomic E-state index is 11.7. The van der Waals surface area contributed by atoms with Crippen LogP contribution in [-0.2, 0) is 9.53 Å². The van der Waals surface area contributed by atoms with Crippen LogP contribution < -0.4 is 11.1 Å². The van der Waals surface area contributed by atoms with Crippen LogP contribution in [0.5, 0.6) is 0 Å². The predicted octanol–water partition coefficient (Wildman–Crippen LogP) is 1.19. The minimum atomic E-state index is -0.300. The van der Waals surface area contributed by atoms with Crippen molar-refractivity contribution in [1.29, 1.82) is 0 Å². The lowest BCUT2D eigenvalue weighted by Gasteiger charge is -2.37. The molecule has 1 amide bonds. The Balaban J connectivity index is 2.24. The number of hydrogen-bond acceptors (Lipinski definition) is 3. The lowest BCUT2D eigenvalue weighted by Crippen LogP contribution is -2.51. The molecular formula is C12H24N2O2. The van der Waals surface area contributed by atoms with Crippen LogP contribution in [0.15, 0.2) is 0 Å². The van der Waals surface area contributed by atoms with Gasteiger partial charge in [0.2, 0.25) is 5.91 Å². The summed E-state index contributed by atoms with van der Waals surface area (Å²) in [5.74, 6) is 0.0370. The smallest absolute Gasteiger partial charge is 0.221 e. The average Bonchev–Trinajstić information content (AvgIpc) is 2.12. The summed E-state index contributed by atoms with van der Waals surface area (Å²) in [6.45, 7) is 7.09. The summed E-state index contributed by atoms with van der Waals surface area (Å²) in [7, 11) is 0. The molecule has 0 aromatic rings. The minimum absolute atomic E-state index is 0.0370. The van der Waals surface area contributed by atoms with Gasteiger partial charge in [0.25, 0.3) is 0 Å². The average molecular weight is 228 g/mol. The Kier molecular flexibility index (Phi) is 4.33. The quantitative estimate of drug-likeness (QED) is 0.717. The highest BCUT2D eigenvalue weighted by Gasteiger charge is 2.34. The van der Waals surface area contributed by atoms with Gasteiger partial charge in [-0.3, -0.25) is 4.79 Å². The van der Waals surface area contributed by atoms with Gasteiger partial charge in [-0.1, -0.05) is 0 Å². The number of nitrogens with two attached hydrogens (primary N) is 1. The molecule has 0 atom stereocenters. The van der Waals surface area contributed by atoms with Crippen LogP contribution in [0.2, 0.25) is 0 Å². The lowest BCUT2D eigenvalue weighted by atomic mass is 9.75. The largest absolute Gasteiger partial charge is 0.374 e. The van der Waals surface area contributed by atoms with Crippen LogP contribution >= 0.6 is 0 Å². The molecule has 1 aliphatic rings. The Labute approximate surface area is 97.9 Å². The van der Waals surface area contributed by atoms with Gasteiger partial charge in [0, 0.05) is 25.1 Å². The fraction of sp³-hybridized carbons (Fsp3) is 0.917. The molecule has 1 aliphatic carbocycles. The van der Waals surface area contributed by atoms with E-state index in [1.807, 2.05) is 20.8 Å². The molecule has 0 aromatic carbocycles. The first kappa shape index (κ1) is 13.5. The summed E-state index contributed by atoms with van der Waals surface area (Å²) in [4.78, 5) is 11.7. The van der Waals surface area contributed by atoms with E-state index in [1.54, 1.807) is 0 Å². The van der Waals surface area contributed by atoms with Gasteiger partial charge in [0.15, 0.2) is 0 Å².